The first-order valence-electron chi connectivity index (χ1n) is 9.09. The molecule has 2 aromatic carbocycles. The fraction of sp³-hybridized carbons (Fsp3) is 0.381. The van der Waals surface area contributed by atoms with E-state index in [1.165, 1.54) is 5.56 Å². The Labute approximate surface area is 165 Å². The van der Waals surface area contributed by atoms with Crippen molar-refractivity contribution in [3.05, 3.63) is 53.1 Å². The van der Waals surface area contributed by atoms with Crippen LogP contribution < -0.4 is 14.8 Å². The standard InChI is InChI=1S/C21H25ClN2O3/c1-26-19-12-20(27-2)18(11-17(19)22)23-21(25)16-9-6-10-24(14-16)13-15-7-4-3-5-8-15/h3-5,7-8,11-12,16H,6,9-10,13-14H2,1-2H3,(H,23,25). The van der Waals surface area contributed by atoms with Gasteiger partial charge in [-0.2, -0.15) is 0 Å². The predicted octanol–water partition coefficient (Wildman–Crippen LogP) is 4.21. The van der Waals surface area contributed by atoms with E-state index < -0.39 is 0 Å². The van der Waals surface area contributed by atoms with Crippen molar-refractivity contribution < 1.29 is 14.3 Å². The molecule has 1 amide bonds. The summed E-state index contributed by atoms with van der Waals surface area (Å²) in [6, 6.07) is 13.7. The third kappa shape index (κ3) is 4.93. The lowest BCUT2D eigenvalue weighted by Crippen LogP contribution is -2.40. The van der Waals surface area contributed by atoms with Gasteiger partial charge in [-0.3, -0.25) is 9.69 Å². The number of amides is 1. The van der Waals surface area contributed by atoms with Crippen LogP contribution in [0.4, 0.5) is 5.69 Å². The Bertz CT molecular complexity index is 782. The molecule has 144 valence electrons. The van der Waals surface area contributed by atoms with E-state index in [1.54, 1.807) is 26.4 Å². The third-order valence-corrected chi connectivity index (χ3v) is 5.15. The van der Waals surface area contributed by atoms with Gasteiger partial charge in [-0.15, -0.1) is 0 Å². The van der Waals surface area contributed by atoms with Crippen LogP contribution in [0.3, 0.4) is 0 Å². The van der Waals surface area contributed by atoms with Crippen LogP contribution >= 0.6 is 11.6 Å². The highest BCUT2D eigenvalue weighted by Gasteiger charge is 2.26. The van der Waals surface area contributed by atoms with Crippen LogP contribution in [0.25, 0.3) is 0 Å². The quantitative estimate of drug-likeness (QED) is 0.805. The topological polar surface area (TPSA) is 50.8 Å². The maximum absolute atomic E-state index is 12.8. The molecule has 0 aliphatic carbocycles. The van der Waals surface area contributed by atoms with Crippen LogP contribution in [0.2, 0.25) is 5.02 Å². The molecule has 0 radical (unpaired) electrons. The summed E-state index contributed by atoms with van der Waals surface area (Å²) in [5, 5.41) is 3.41. The van der Waals surface area contributed by atoms with Crippen molar-refractivity contribution in [1.82, 2.24) is 4.90 Å². The van der Waals surface area contributed by atoms with Gasteiger partial charge in [0.2, 0.25) is 5.91 Å². The number of hydrogen-bond donors (Lipinski definition) is 1. The van der Waals surface area contributed by atoms with Gasteiger partial charge in [0, 0.05) is 19.2 Å². The SMILES string of the molecule is COc1cc(OC)c(NC(=O)C2CCCN(Cc3ccccc3)C2)cc1Cl. The molecule has 1 saturated heterocycles. The Morgan fingerprint density at radius 3 is 2.63 bits per heavy atom. The second-order valence-electron chi connectivity index (χ2n) is 6.74. The number of rotatable bonds is 6. The molecule has 1 unspecified atom stereocenters. The number of methoxy groups -OCH3 is 2. The van der Waals surface area contributed by atoms with E-state index in [2.05, 4.69) is 22.3 Å². The number of ether oxygens (including phenoxy) is 2. The molecule has 1 aliphatic heterocycles. The average Bonchev–Trinajstić information content (AvgIpc) is 2.69. The Hall–Kier alpha value is -2.24. The Morgan fingerprint density at radius 1 is 1.19 bits per heavy atom. The van der Waals surface area contributed by atoms with Crippen molar-refractivity contribution in [2.75, 3.05) is 32.6 Å². The van der Waals surface area contributed by atoms with Gasteiger partial charge in [0.1, 0.15) is 11.5 Å². The molecule has 27 heavy (non-hydrogen) atoms. The van der Waals surface area contributed by atoms with Crippen molar-refractivity contribution in [3.63, 3.8) is 0 Å². The van der Waals surface area contributed by atoms with Crippen LogP contribution in [0, 0.1) is 5.92 Å². The smallest absolute Gasteiger partial charge is 0.228 e. The number of likely N-dealkylation sites (tertiary alicyclic amines) is 1. The lowest BCUT2D eigenvalue weighted by atomic mass is 9.96. The zero-order valence-electron chi connectivity index (χ0n) is 15.7. The van der Waals surface area contributed by atoms with E-state index in [0.29, 0.717) is 22.2 Å². The molecule has 0 saturated carbocycles. The Kier molecular flexibility index (Phi) is 6.58. The molecular weight excluding hydrogens is 364 g/mol. The number of carbonyl (C=O) groups excluding carboxylic acids is 1. The normalized spacial score (nSPS) is 17.4. The molecule has 0 spiro atoms. The van der Waals surface area contributed by atoms with Crippen molar-refractivity contribution in [2.24, 2.45) is 5.92 Å². The highest BCUT2D eigenvalue weighted by molar-refractivity contribution is 6.32. The highest BCUT2D eigenvalue weighted by atomic mass is 35.5. The molecule has 3 rings (SSSR count). The summed E-state index contributed by atoms with van der Waals surface area (Å²) in [5.74, 6) is 0.972. The molecule has 1 N–H and O–H groups in total. The number of nitrogens with zero attached hydrogens (tertiary/aromatic N) is 1. The second kappa shape index (κ2) is 9.11. The minimum Gasteiger partial charge on any atom is -0.495 e. The predicted molar refractivity (Wildman–Crippen MR) is 108 cm³/mol. The van der Waals surface area contributed by atoms with Crippen LogP contribution in [0.5, 0.6) is 11.5 Å². The van der Waals surface area contributed by atoms with E-state index in [1.807, 2.05) is 18.2 Å². The van der Waals surface area contributed by atoms with Crippen molar-refractivity contribution in [3.8, 4) is 11.5 Å². The zero-order valence-corrected chi connectivity index (χ0v) is 16.5. The minimum atomic E-state index is -0.0620. The zero-order chi connectivity index (χ0) is 19.2. The summed E-state index contributed by atoms with van der Waals surface area (Å²) < 4.78 is 10.6. The van der Waals surface area contributed by atoms with E-state index >= 15 is 0 Å². The first-order chi connectivity index (χ1) is 13.1. The van der Waals surface area contributed by atoms with Crippen LogP contribution in [0.15, 0.2) is 42.5 Å². The van der Waals surface area contributed by atoms with Gasteiger partial charge in [0.25, 0.3) is 0 Å². The van der Waals surface area contributed by atoms with Gasteiger partial charge in [0.05, 0.1) is 30.8 Å². The summed E-state index contributed by atoms with van der Waals surface area (Å²) in [5.41, 5.74) is 1.83. The van der Waals surface area contributed by atoms with Crippen LogP contribution in [-0.2, 0) is 11.3 Å². The maximum Gasteiger partial charge on any atom is 0.228 e. The Morgan fingerprint density at radius 2 is 1.93 bits per heavy atom. The van der Waals surface area contributed by atoms with Crippen LogP contribution in [0.1, 0.15) is 18.4 Å². The van der Waals surface area contributed by atoms with Gasteiger partial charge in [-0.05, 0) is 31.0 Å². The summed E-state index contributed by atoms with van der Waals surface area (Å²) >= 11 is 6.20. The van der Waals surface area contributed by atoms with Gasteiger partial charge < -0.3 is 14.8 Å². The molecule has 0 aromatic heterocycles. The highest BCUT2D eigenvalue weighted by Crippen LogP contribution is 2.36. The monoisotopic (exact) mass is 388 g/mol. The Balaban J connectivity index is 1.66. The lowest BCUT2D eigenvalue weighted by Gasteiger charge is -2.32. The lowest BCUT2D eigenvalue weighted by molar-refractivity contribution is -0.121. The largest absolute Gasteiger partial charge is 0.495 e. The fourth-order valence-electron chi connectivity index (χ4n) is 3.45. The summed E-state index contributed by atoms with van der Waals surface area (Å²) in [6.07, 6.45) is 1.88. The maximum atomic E-state index is 12.8. The van der Waals surface area contributed by atoms with E-state index in [0.717, 1.165) is 32.5 Å². The number of anilines is 1. The van der Waals surface area contributed by atoms with E-state index in [9.17, 15) is 4.79 Å². The number of nitrogens with one attached hydrogen (secondary N) is 1. The van der Waals surface area contributed by atoms with Crippen molar-refractivity contribution in [1.29, 1.82) is 0 Å². The molecule has 2 aromatic rings. The third-order valence-electron chi connectivity index (χ3n) is 4.86. The molecular formula is C21H25ClN2O3. The van der Waals surface area contributed by atoms with E-state index in [4.69, 9.17) is 21.1 Å². The summed E-state index contributed by atoms with van der Waals surface area (Å²) in [6.45, 7) is 2.62. The summed E-state index contributed by atoms with van der Waals surface area (Å²) in [4.78, 5) is 15.2. The van der Waals surface area contributed by atoms with Crippen molar-refractivity contribution in [2.45, 2.75) is 19.4 Å². The number of carbonyl (C=O) groups is 1. The number of benzene rings is 2. The molecule has 6 heteroatoms. The first kappa shape index (κ1) is 19.5. The number of piperidine rings is 1. The van der Waals surface area contributed by atoms with Crippen LogP contribution in [-0.4, -0.2) is 38.1 Å². The average molecular weight is 389 g/mol. The molecule has 1 aliphatic rings. The van der Waals surface area contributed by atoms with Crippen molar-refractivity contribution >= 4 is 23.2 Å². The van der Waals surface area contributed by atoms with Gasteiger partial charge in [-0.25, -0.2) is 0 Å². The fourth-order valence-corrected chi connectivity index (χ4v) is 3.69. The van der Waals surface area contributed by atoms with Gasteiger partial charge >= 0.3 is 0 Å². The summed E-state index contributed by atoms with van der Waals surface area (Å²) in [7, 11) is 3.10. The first-order valence-corrected chi connectivity index (χ1v) is 9.47. The van der Waals surface area contributed by atoms with Gasteiger partial charge in [-0.1, -0.05) is 41.9 Å². The molecule has 1 atom stereocenters. The molecule has 1 fully saturated rings. The van der Waals surface area contributed by atoms with Gasteiger partial charge in [0.15, 0.2) is 0 Å². The molecule has 0 bridgehead atoms. The molecule has 1 heterocycles. The number of hydrogen-bond acceptors (Lipinski definition) is 4. The second-order valence-corrected chi connectivity index (χ2v) is 7.14. The number of halogens is 1. The van der Waals surface area contributed by atoms with E-state index in [-0.39, 0.29) is 11.8 Å². The molecule has 5 nitrogen and oxygen atoms in total. The minimum absolute atomic E-state index is 0.00713.